The highest BCUT2D eigenvalue weighted by Gasteiger charge is 2.31. The smallest absolute Gasteiger partial charge is 0.309 e. The summed E-state index contributed by atoms with van der Waals surface area (Å²) in [6, 6.07) is 18.7. The van der Waals surface area contributed by atoms with Crippen molar-refractivity contribution in [3.05, 3.63) is 71.8 Å². The number of piperidine rings is 1. The molecule has 0 unspecified atom stereocenters. The number of hydrogen-bond acceptors (Lipinski definition) is 6. The first kappa shape index (κ1) is 33.2. The zero-order chi connectivity index (χ0) is 30.3. The molecule has 1 amide bonds. The summed E-state index contributed by atoms with van der Waals surface area (Å²) < 4.78 is 5.03. The van der Waals surface area contributed by atoms with Gasteiger partial charge in [0.05, 0.1) is 25.6 Å². The number of ketones is 2. The number of methoxy groups -OCH3 is 1. The molecular formula is C35H48N2O5. The van der Waals surface area contributed by atoms with Crippen LogP contribution in [0.15, 0.2) is 60.7 Å². The highest BCUT2D eigenvalue weighted by molar-refractivity contribution is 5.93. The standard InChI is InChI=1S/C35H48N2O5/c1-26(2)21-32(33(39)24-30(35(41)42-3)22-28-15-9-5-10-16-28)36-34(40)29(18-17-27-13-7-4-8-14-27)23-31(38)25-37-19-11-6-12-20-37/h4-5,7-10,13-16,26,29-30,32H,6,11-12,17-25H2,1-3H3,(H,36,40)/t29-,30-,32+/m1/s1. The third-order valence-corrected chi connectivity index (χ3v) is 8.04. The van der Waals surface area contributed by atoms with Crippen LogP contribution < -0.4 is 5.32 Å². The van der Waals surface area contributed by atoms with Crippen molar-refractivity contribution in [2.45, 2.75) is 77.7 Å². The third kappa shape index (κ3) is 11.5. The topological polar surface area (TPSA) is 92.8 Å². The molecule has 0 radical (unpaired) electrons. The van der Waals surface area contributed by atoms with Crippen LogP contribution in [0.5, 0.6) is 0 Å². The molecule has 0 bridgehead atoms. The van der Waals surface area contributed by atoms with Crippen molar-refractivity contribution < 1.29 is 23.9 Å². The number of carbonyl (C=O) groups is 4. The van der Waals surface area contributed by atoms with Gasteiger partial charge in [-0.2, -0.15) is 0 Å². The zero-order valence-electron chi connectivity index (χ0n) is 25.6. The van der Waals surface area contributed by atoms with Gasteiger partial charge in [-0.3, -0.25) is 24.1 Å². The SMILES string of the molecule is COC(=O)[C@@H](CC(=O)[C@H](CC(C)C)NC(=O)[C@H](CCc1ccccc1)CC(=O)CN1CCCCC1)Cc1ccccc1. The van der Waals surface area contributed by atoms with E-state index in [1.165, 1.54) is 13.5 Å². The van der Waals surface area contributed by atoms with E-state index in [0.29, 0.717) is 32.2 Å². The zero-order valence-corrected chi connectivity index (χ0v) is 25.6. The lowest BCUT2D eigenvalue weighted by atomic mass is 9.88. The summed E-state index contributed by atoms with van der Waals surface area (Å²) in [5.41, 5.74) is 2.05. The number of amides is 1. The normalized spacial score (nSPS) is 15.9. The van der Waals surface area contributed by atoms with Crippen LogP contribution in [0.4, 0.5) is 0 Å². The fourth-order valence-electron chi connectivity index (χ4n) is 5.74. The molecule has 0 aromatic heterocycles. The lowest BCUT2D eigenvalue weighted by Crippen LogP contribution is -2.46. The summed E-state index contributed by atoms with van der Waals surface area (Å²) in [4.78, 5) is 55.3. The van der Waals surface area contributed by atoms with Gasteiger partial charge in [0.1, 0.15) is 5.78 Å². The van der Waals surface area contributed by atoms with E-state index in [-0.39, 0.29) is 36.2 Å². The first-order chi connectivity index (χ1) is 20.2. The van der Waals surface area contributed by atoms with Gasteiger partial charge in [-0.25, -0.2) is 0 Å². The summed E-state index contributed by atoms with van der Waals surface area (Å²) >= 11 is 0. The summed E-state index contributed by atoms with van der Waals surface area (Å²) in [6.07, 6.45) is 5.53. The highest BCUT2D eigenvalue weighted by atomic mass is 16.5. The molecule has 228 valence electrons. The predicted molar refractivity (Wildman–Crippen MR) is 165 cm³/mol. The van der Waals surface area contributed by atoms with Crippen LogP contribution in [0, 0.1) is 17.8 Å². The Kier molecular flexibility index (Phi) is 13.9. The maximum Gasteiger partial charge on any atom is 0.309 e. The monoisotopic (exact) mass is 576 g/mol. The second kappa shape index (κ2) is 17.6. The van der Waals surface area contributed by atoms with E-state index >= 15 is 0 Å². The molecule has 3 rings (SSSR count). The molecule has 1 aliphatic heterocycles. The van der Waals surface area contributed by atoms with Crippen LogP contribution in [-0.4, -0.2) is 61.1 Å². The Labute approximate surface area is 251 Å². The minimum Gasteiger partial charge on any atom is -0.469 e. The number of ether oxygens (including phenoxy) is 1. The van der Waals surface area contributed by atoms with E-state index in [1.807, 2.05) is 74.5 Å². The van der Waals surface area contributed by atoms with Crippen molar-refractivity contribution in [2.75, 3.05) is 26.7 Å². The molecule has 0 spiro atoms. The Morgan fingerprint density at radius 3 is 2.05 bits per heavy atom. The van der Waals surface area contributed by atoms with Gasteiger partial charge in [-0.05, 0) is 68.7 Å². The Bertz CT molecular complexity index is 1130. The number of likely N-dealkylation sites (tertiary alicyclic amines) is 1. The van der Waals surface area contributed by atoms with Crippen LogP contribution in [0.25, 0.3) is 0 Å². The molecule has 7 nitrogen and oxygen atoms in total. The second-order valence-corrected chi connectivity index (χ2v) is 12.1. The van der Waals surface area contributed by atoms with E-state index in [4.69, 9.17) is 4.74 Å². The van der Waals surface area contributed by atoms with E-state index in [2.05, 4.69) is 10.2 Å². The Morgan fingerprint density at radius 1 is 0.833 bits per heavy atom. The van der Waals surface area contributed by atoms with Gasteiger partial charge in [0, 0.05) is 18.8 Å². The number of Topliss-reactive ketones (excluding diaryl/α,β-unsaturated/α-hetero) is 2. The van der Waals surface area contributed by atoms with Crippen molar-refractivity contribution in [2.24, 2.45) is 17.8 Å². The maximum absolute atomic E-state index is 13.7. The summed E-state index contributed by atoms with van der Waals surface area (Å²) in [6.45, 7) is 6.21. The molecular weight excluding hydrogens is 528 g/mol. The van der Waals surface area contributed by atoms with Crippen molar-refractivity contribution in [3.63, 3.8) is 0 Å². The number of hydrogen-bond donors (Lipinski definition) is 1. The number of benzene rings is 2. The van der Waals surface area contributed by atoms with Crippen LogP contribution >= 0.6 is 0 Å². The van der Waals surface area contributed by atoms with Gasteiger partial charge in [-0.1, -0.05) is 80.9 Å². The van der Waals surface area contributed by atoms with Crippen molar-refractivity contribution in [1.82, 2.24) is 10.2 Å². The first-order valence-corrected chi connectivity index (χ1v) is 15.5. The lowest BCUT2D eigenvalue weighted by Gasteiger charge is -2.27. The van der Waals surface area contributed by atoms with E-state index in [0.717, 1.165) is 37.1 Å². The van der Waals surface area contributed by atoms with Gasteiger partial charge >= 0.3 is 5.97 Å². The summed E-state index contributed by atoms with van der Waals surface area (Å²) in [5, 5.41) is 3.01. The number of nitrogens with one attached hydrogen (secondary N) is 1. The quantitative estimate of drug-likeness (QED) is 0.260. The van der Waals surface area contributed by atoms with E-state index < -0.39 is 23.8 Å². The summed E-state index contributed by atoms with van der Waals surface area (Å²) in [5.74, 6) is -1.87. The highest BCUT2D eigenvalue weighted by Crippen LogP contribution is 2.20. The average Bonchev–Trinajstić information content (AvgIpc) is 2.99. The fraction of sp³-hybridized carbons (Fsp3) is 0.543. The Balaban J connectivity index is 1.72. The van der Waals surface area contributed by atoms with Gasteiger partial charge in [0.15, 0.2) is 5.78 Å². The minimum absolute atomic E-state index is 0.0260. The van der Waals surface area contributed by atoms with Crippen molar-refractivity contribution >= 4 is 23.4 Å². The van der Waals surface area contributed by atoms with Gasteiger partial charge in [0.25, 0.3) is 0 Å². The maximum atomic E-state index is 13.7. The molecule has 0 aliphatic carbocycles. The number of carbonyl (C=O) groups excluding carboxylic acids is 4. The largest absolute Gasteiger partial charge is 0.469 e. The molecule has 1 fully saturated rings. The van der Waals surface area contributed by atoms with E-state index in [1.54, 1.807) is 0 Å². The molecule has 42 heavy (non-hydrogen) atoms. The van der Waals surface area contributed by atoms with Crippen molar-refractivity contribution in [1.29, 1.82) is 0 Å². The van der Waals surface area contributed by atoms with Crippen LogP contribution in [0.2, 0.25) is 0 Å². The van der Waals surface area contributed by atoms with Gasteiger partial charge in [0.2, 0.25) is 5.91 Å². The lowest BCUT2D eigenvalue weighted by molar-refractivity contribution is -0.147. The Hall–Kier alpha value is -3.32. The predicted octanol–water partition coefficient (Wildman–Crippen LogP) is 5.20. The summed E-state index contributed by atoms with van der Waals surface area (Å²) in [7, 11) is 1.33. The molecule has 0 saturated carbocycles. The molecule has 2 aromatic rings. The first-order valence-electron chi connectivity index (χ1n) is 15.5. The van der Waals surface area contributed by atoms with Gasteiger partial charge in [-0.15, -0.1) is 0 Å². The molecule has 2 aromatic carbocycles. The van der Waals surface area contributed by atoms with Crippen molar-refractivity contribution in [3.8, 4) is 0 Å². The minimum atomic E-state index is -0.739. The average molecular weight is 577 g/mol. The molecule has 1 saturated heterocycles. The van der Waals surface area contributed by atoms with Crippen LogP contribution in [0.1, 0.15) is 69.9 Å². The van der Waals surface area contributed by atoms with Gasteiger partial charge < -0.3 is 10.1 Å². The molecule has 3 atom stereocenters. The van der Waals surface area contributed by atoms with Crippen LogP contribution in [-0.2, 0) is 36.8 Å². The Morgan fingerprint density at radius 2 is 1.45 bits per heavy atom. The third-order valence-electron chi connectivity index (χ3n) is 8.04. The van der Waals surface area contributed by atoms with E-state index in [9.17, 15) is 19.2 Å². The number of rotatable bonds is 17. The molecule has 1 aliphatic rings. The number of aryl methyl sites for hydroxylation is 1. The molecule has 1 N–H and O–H groups in total. The molecule has 7 heteroatoms. The number of nitrogens with zero attached hydrogens (tertiary/aromatic N) is 1. The molecule has 1 heterocycles. The van der Waals surface area contributed by atoms with Crippen LogP contribution in [0.3, 0.4) is 0 Å². The second-order valence-electron chi connectivity index (χ2n) is 12.1. The number of esters is 1. The fourth-order valence-corrected chi connectivity index (χ4v) is 5.74.